The number of amidine groups is 1. The number of nitrogens with one attached hydrogen (secondary N) is 1. The summed E-state index contributed by atoms with van der Waals surface area (Å²) in [6, 6.07) is 7.08. The van der Waals surface area contributed by atoms with Crippen LogP contribution in [0.25, 0.3) is 0 Å². The van der Waals surface area contributed by atoms with Gasteiger partial charge in [0.15, 0.2) is 5.78 Å². The molecule has 0 unspecified atom stereocenters. The SMILES string of the molecule is CCCCc1cc(C(=O)CN2Cc3ccc(CC)nc3C2=N)cc(C(=O)O)c1OCCC. The second-order valence-electron chi connectivity index (χ2n) is 8.06. The maximum Gasteiger partial charge on any atom is 0.339 e. The molecule has 1 aromatic carbocycles. The Hall–Kier alpha value is -3.22. The van der Waals surface area contributed by atoms with Crippen molar-refractivity contribution < 1.29 is 19.4 Å². The Bertz CT molecular complexity index is 1030. The zero-order chi connectivity index (χ0) is 23.3. The van der Waals surface area contributed by atoms with E-state index in [1.165, 1.54) is 6.07 Å². The zero-order valence-corrected chi connectivity index (χ0v) is 19.0. The molecular formula is C25H31N3O4. The first-order valence-corrected chi connectivity index (χ1v) is 11.3. The smallest absolute Gasteiger partial charge is 0.339 e. The van der Waals surface area contributed by atoms with Crippen LogP contribution in [0.2, 0.25) is 0 Å². The molecule has 0 saturated heterocycles. The maximum atomic E-state index is 13.2. The van der Waals surface area contributed by atoms with Gasteiger partial charge in [0.1, 0.15) is 22.8 Å². The fourth-order valence-corrected chi connectivity index (χ4v) is 3.83. The minimum atomic E-state index is -1.11. The van der Waals surface area contributed by atoms with E-state index in [4.69, 9.17) is 10.1 Å². The van der Waals surface area contributed by atoms with Crippen LogP contribution in [0.5, 0.6) is 5.75 Å². The van der Waals surface area contributed by atoms with Crippen molar-refractivity contribution in [1.82, 2.24) is 9.88 Å². The lowest BCUT2D eigenvalue weighted by Gasteiger charge is -2.19. The number of pyridine rings is 1. The third-order valence-electron chi connectivity index (χ3n) is 5.60. The predicted molar refractivity (Wildman–Crippen MR) is 123 cm³/mol. The Morgan fingerprint density at radius 1 is 1.19 bits per heavy atom. The molecule has 170 valence electrons. The summed E-state index contributed by atoms with van der Waals surface area (Å²) in [6.45, 7) is 6.90. The highest BCUT2D eigenvalue weighted by atomic mass is 16.5. The number of ketones is 1. The molecule has 3 rings (SSSR count). The molecule has 0 amide bonds. The van der Waals surface area contributed by atoms with Gasteiger partial charge in [-0.25, -0.2) is 9.78 Å². The summed E-state index contributed by atoms with van der Waals surface area (Å²) in [5.41, 5.74) is 3.56. The van der Waals surface area contributed by atoms with Gasteiger partial charge in [-0.2, -0.15) is 0 Å². The van der Waals surface area contributed by atoms with E-state index in [0.29, 0.717) is 36.6 Å². The standard InChI is InChI=1S/C25H31N3O4/c1-4-7-8-16-12-18(13-20(25(30)31)23(16)32-11-5-2)21(29)15-28-14-17-9-10-19(6-3)27-22(17)24(28)26/h9-10,12-13,26H,4-8,11,14-15H2,1-3H3,(H,30,31). The summed E-state index contributed by atoms with van der Waals surface area (Å²) in [4.78, 5) is 31.3. The Kier molecular flexibility index (Phi) is 7.62. The molecule has 0 spiro atoms. The van der Waals surface area contributed by atoms with Gasteiger partial charge >= 0.3 is 5.97 Å². The highest BCUT2D eigenvalue weighted by molar-refractivity contribution is 6.05. The maximum absolute atomic E-state index is 13.2. The highest BCUT2D eigenvalue weighted by Gasteiger charge is 2.28. The molecule has 7 nitrogen and oxygen atoms in total. The predicted octanol–water partition coefficient (Wildman–Crippen LogP) is 4.50. The van der Waals surface area contributed by atoms with Gasteiger partial charge in [-0.15, -0.1) is 0 Å². The average molecular weight is 438 g/mol. The van der Waals surface area contributed by atoms with Crippen LogP contribution in [0.15, 0.2) is 24.3 Å². The summed E-state index contributed by atoms with van der Waals surface area (Å²) < 4.78 is 5.78. The number of carboxylic acids is 1. The van der Waals surface area contributed by atoms with Crippen molar-refractivity contribution >= 4 is 17.6 Å². The van der Waals surface area contributed by atoms with Crippen LogP contribution in [-0.4, -0.2) is 45.7 Å². The molecule has 0 radical (unpaired) electrons. The Morgan fingerprint density at radius 2 is 1.97 bits per heavy atom. The van der Waals surface area contributed by atoms with Crippen LogP contribution in [-0.2, 0) is 19.4 Å². The summed E-state index contributed by atoms with van der Waals surface area (Å²) in [7, 11) is 0. The number of benzene rings is 1. The molecule has 0 bridgehead atoms. The molecule has 1 aromatic heterocycles. The lowest BCUT2D eigenvalue weighted by Crippen LogP contribution is -2.30. The number of unbranched alkanes of at least 4 members (excludes halogenated alkanes) is 1. The van der Waals surface area contributed by atoms with E-state index in [9.17, 15) is 14.7 Å². The number of fused-ring (bicyclic) bond motifs is 1. The van der Waals surface area contributed by atoms with Gasteiger partial charge in [0.25, 0.3) is 0 Å². The summed E-state index contributed by atoms with van der Waals surface area (Å²) >= 11 is 0. The molecular weight excluding hydrogens is 406 g/mol. The zero-order valence-electron chi connectivity index (χ0n) is 19.0. The first kappa shape index (κ1) is 23.4. The van der Waals surface area contributed by atoms with Crippen molar-refractivity contribution in [2.75, 3.05) is 13.2 Å². The second kappa shape index (κ2) is 10.4. The van der Waals surface area contributed by atoms with Crippen molar-refractivity contribution in [3.8, 4) is 5.75 Å². The van der Waals surface area contributed by atoms with Gasteiger partial charge in [0.05, 0.1) is 13.2 Å². The molecule has 1 aliphatic heterocycles. The number of nitrogens with zero attached hydrogens (tertiary/aromatic N) is 2. The van der Waals surface area contributed by atoms with Gasteiger partial charge < -0.3 is 14.7 Å². The lowest BCUT2D eigenvalue weighted by atomic mass is 9.97. The van der Waals surface area contributed by atoms with Crippen LogP contribution >= 0.6 is 0 Å². The number of carboxylic acid groups (broad SMARTS) is 1. The van der Waals surface area contributed by atoms with Gasteiger partial charge in [-0.05, 0) is 49.4 Å². The van der Waals surface area contributed by atoms with Gasteiger partial charge in [0, 0.05) is 23.4 Å². The first-order chi connectivity index (χ1) is 15.4. The number of rotatable bonds is 11. The number of carbonyl (C=O) groups excluding carboxylic acids is 1. The highest BCUT2D eigenvalue weighted by Crippen LogP contribution is 2.29. The number of carbonyl (C=O) groups is 2. The van der Waals surface area contributed by atoms with Crippen LogP contribution in [0, 0.1) is 5.41 Å². The minimum Gasteiger partial charge on any atom is -0.492 e. The number of aromatic carboxylic acids is 1. The summed E-state index contributed by atoms with van der Waals surface area (Å²) in [5.74, 6) is -0.736. The number of ether oxygens (including phenoxy) is 1. The van der Waals surface area contributed by atoms with E-state index in [1.807, 2.05) is 26.0 Å². The van der Waals surface area contributed by atoms with Gasteiger partial charge in [-0.3, -0.25) is 10.2 Å². The molecule has 0 aliphatic carbocycles. The van der Waals surface area contributed by atoms with Crippen LogP contribution in [0.1, 0.15) is 83.3 Å². The van der Waals surface area contributed by atoms with Crippen molar-refractivity contribution in [1.29, 1.82) is 5.41 Å². The molecule has 0 saturated carbocycles. The van der Waals surface area contributed by atoms with Gasteiger partial charge in [0.2, 0.25) is 0 Å². The molecule has 2 N–H and O–H groups in total. The molecule has 7 heteroatoms. The Morgan fingerprint density at radius 3 is 2.62 bits per heavy atom. The number of hydrogen-bond donors (Lipinski definition) is 2. The number of Topliss-reactive ketones (excluding diaryl/α,β-unsaturated/α-hetero) is 1. The van der Waals surface area contributed by atoms with Crippen molar-refractivity contribution in [3.63, 3.8) is 0 Å². The lowest BCUT2D eigenvalue weighted by molar-refractivity contribution is 0.0692. The Balaban J connectivity index is 1.88. The molecule has 1 aliphatic rings. The van der Waals surface area contributed by atoms with Crippen LogP contribution in [0.4, 0.5) is 0 Å². The molecule has 32 heavy (non-hydrogen) atoms. The number of hydrogen-bond acceptors (Lipinski definition) is 5. The van der Waals surface area contributed by atoms with E-state index in [1.54, 1.807) is 11.0 Å². The number of aryl methyl sites for hydroxylation is 2. The first-order valence-electron chi connectivity index (χ1n) is 11.3. The molecule has 0 atom stereocenters. The van der Waals surface area contributed by atoms with E-state index in [-0.39, 0.29) is 23.7 Å². The molecule has 0 fully saturated rings. The average Bonchev–Trinajstić information content (AvgIpc) is 3.10. The summed E-state index contributed by atoms with van der Waals surface area (Å²) in [6.07, 6.45) is 4.01. The third-order valence-corrected chi connectivity index (χ3v) is 5.60. The van der Waals surface area contributed by atoms with Crippen molar-refractivity contribution in [2.24, 2.45) is 0 Å². The van der Waals surface area contributed by atoms with E-state index < -0.39 is 5.97 Å². The largest absolute Gasteiger partial charge is 0.492 e. The third kappa shape index (κ3) is 4.98. The quantitative estimate of drug-likeness (QED) is 0.502. The van der Waals surface area contributed by atoms with E-state index in [0.717, 1.165) is 42.5 Å². The number of aromatic nitrogens is 1. The van der Waals surface area contributed by atoms with E-state index in [2.05, 4.69) is 11.9 Å². The van der Waals surface area contributed by atoms with Crippen LogP contribution in [0.3, 0.4) is 0 Å². The fourth-order valence-electron chi connectivity index (χ4n) is 3.83. The fraction of sp³-hybridized carbons (Fsp3) is 0.440. The second-order valence-corrected chi connectivity index (χ2v) is 8.06. The molecule has 2 heterocycles. The van der Waals surface area contributed by atoms with Crippen molar-refractivity contribution in [2.45, 2.75) is 59.4 Å². The monoisotopic (exact) mass is 437 g/mol. The van der Waals surface area contributed by atoms with Gasteiger partial charge in [-0.1, -0.05) is 33.3 Å². The van der Waals surface area contributed by atoms with Crippen LogP contribution < -0.4 is 4.74 Å². The minimum absolute atomic E-state index is 0.00189. The summed E-state index contributed by atoms with van der Waals surface area (Å²) in [5, 5.41) is 18.2. The normalized spacial score (nSPS) is 12.7. The van der Waals surface area contributed by atoms with E-state index >= 15 is 0 Å². The topological polar surface area (TPSA) is 104 Å². The molecule has 2 aromatic rings. The van der Waals surface area contributed by atoms with Crippen molar-refractivity contribution in [3.05, 3.63) is 57.9 Å². The Labute approximate surface area is 188 Å².